The van der Waals surface area contributed by atoms with E-state index in [4.69, 9.17) is 0 Å². The fourth-order valence-corrected chi connectivity index (χ4v) is 4.02. The number of thiophene rings is 1. The van der Waals surface area contributed by atoms with Gasteiger partial charge in [0.2, 0.25) is 5.91 Å². The Morgan fingerprint density at radius 2 is 2.25 bits per heavy atom. The van der Waals surface area contributed by atoms with Crippen LogP contribution in [0.3, 0.4) is 0 Å². The first-order valence-electron chi connectivity index (χ1n) is 8.74. The highest BCUT2D eigenvalue weighted by atomic mass is 32.1. The van der Waals surface area contributed by atoms with Crippen LogP contribution in [0.5, 0.6) is 0 Å². The molecule has 0 saturated carbocycles. The van der Waals surface area contributed by atoms with E-state index in [-0.39, 0.29) is 5.91 Å². The molecule has 1 N–H and O–H groups in total. The van der Waals surface area contributed by atoms with E-state index >= 15 is 0 Å². The molecule has 0 unspecified atom stereocenters. The number of hydrogen-bond donors (Lipinski definition) is 1. The number of piperidine rings is 1. The van der Waals surface area contributed by atoms with Gasteiger partial charge < -0.3 is 5.32 Å². The molecule has 0 bridgehead atoms. The molecule has 3 rings (SSSR count). The first-order valence-corrected chi connectivity index (χ1v) is 9.62. The van der Waals surface area contributed by atoms with Crippen molar-refractivity contribution in [3.8, 4) is 0 Å². The van der Waals surface area contributed by atoms with E-state index in [1.165, 1.54) is 24.1 Å². The number of pyridine rings is 1. The van der Waals surface area contributed by atoms with Crippen molar-refractivity contribution in [1.82, 2.24) is 15.2 Å². The number of hydrogen-bond acceptors (Lipinski definition) is 4. The van der Waals surface area contributed by atoms with Gasteiger partial charge in [0, 0.05) is 17.1 Å². The first kappa shape index (κ1) is 17.1. The molecule has 1 saturated heterocycles. The van der Waals surface area contributed by atoms with Crippen molar-refractivity contribution in [2.75, 3.05) is 13.1 Å². The van der Waals surface area contributed by atoms with Crippen molar-refractivity contribution in [2.45, 2.75) is 44.7 Å². The van der Waals surface area contributed by atoms with E-state index in [9.17, 15) is 4.79 Å². The quantitative estimate of drug-likeness (QED) is 0.839. The van der Waals surface area contributed by atoms with Crippen molar-refractivity contribution in [3.63, 3.8) is 0 Å². The number of rotatable bonds is 7. The Hall–Kier alpha value is -1.72. The van der Waals surface area contributed by atoms with Gasteiger partial charge in [-0.05, 0) is 55.8 Å². The fraction of sp³-hybridized carbons (Fsp3) is 0.474. The molecule has 0 aromatic carbocycles. The minimum atomic E-state index is 0.101. The Balaban J connectivity index is 1.46. The molecule has 2 aromatic heterocycles. The molecule has 1 aliphatic rings. The molecule has 1 fully saturated rings. The Labute approximate surface area is 147 Å². The molecule has 4 nitrogen and oxygen atoms in total. The summed E-state index contributed by atoms with van der Waals surface area (Å²) in [5.74, 6) is 0.101. The number of nitrogens with one attached hydrogen (secondary N) is 1. The van der Waals surface area contributed by atoms with Crippen molar-refractivity contribution in [1.29, 1.82) is 0 Å². The second-order valence-electron chi connectivity index (χ2n) is 6.34. The largest absolute Gasteiger partial charge is 0.349 e. The summed E-state index contributed by atoms with van der Waals surface area (Å²) in [5.41, 5.74) is 0.902. The van der Waals surface area contributed by atoms with Gasteiger partial charge in [-0.25, -0.2) is 0 Å². The van der Waals surface area contributed by atoms with E-state index in [1.807, 2.05) is 29.5 Å². The lowest BCUT2D eigenvalue weighted by atomic mass is 9.97. The fourth-order valence-electron chi connectivity index (χ4n) is 3.29. The highest BCUT2D eigenvalue weighted by Gasteiger charge is 2.24. The molecule has 0 radical (unpaired) electrons. The number of likely N-dealkylation sites (tertiary alicyclic amines) is 1. The average molecular weight is 343 g/mol. The number of aromatic nitrogens is 1. The van der Waals surface area contributed by atoms with Crippen LogP contribution in [0.4, 0.5) is 0 Å². The lowest BCUT2D eigenvalue weighted by Gasteiger charge is -2.35. The van der Waals surface area contributed by atoms with Gasteiger partial charge in [0.25, 0.3) is 0 Å². The maximum Gasteiger partial charge on any atom is 0.234 e. The molecule has 0 aliphatic carbocycles. The number of amides is 1. The van der Waals surface area contributed by atoms with Crippen molar-refractivity contribution in [3.05, 3.63) is 52.5 Å². The van der Waals surface area contributed by atoms with Gasteiger partial charge in [-0.1, -0.05) is 18.6 Å². The predicted octanol–water partition coefficient (Wildman–Crippen LogP) is 3.25. The normalized spacial score (nSPS) is 18.4. The van der Waals surface area contributed by atoms with Gasteiger partial charge >= 0.3 is 0 Å². The van der Waals surface area contributed by atoms with Gasteiger partial charge in [-0.3, -0.25) is 14.7 Å². The molecule has 2 aromatic rings. The molecule has 24 heavy (non-hydrogen) atoms. The summed E-state index contributed by atoms with van der Waals surface area (Å²) in [4.78, 5) is 20.3. The zero-order valence-electron chi connectivity index (χ0n) is 14.0. The number of carbonyl (C=O) groups is 1. The molecule has 1 amide bonds. The summed E-state index contributed by atoms with van der Waals surface area (Å²) >= 11 is 1.83. The zero-order valence-corrected chi connectivity index (χ0v) is 14.8. The number of carbonyl (C=O) groups excluding carboxylic acids is 1. The summed E-state index contributed by atoms with van der Waals surface area (Å²) in [7, 11) is 0. The van der Waals surface area contributed by atoms with Crippen LogP contribution in [0.1, 0.15) is 36.3 Å². The Morgan fingerprint density at radius 1 is 1.29 bits per heavy atom. The predicted molar refractivity (Wildman–Crippen MR) is 97.9 cm³/mol. The lowest BCUT2D eigenvalue weighted by molar-refractivity contribution is -0.123. The second-order valence-corrected chi connectivity index (χ2v) is 7.37. The first-order chi connectivity index (χ1) is 11.8. The van der Waals surface area contributed by atoms with E-state index in [0.717, 1.165) is 25.1 Å². The molecular formula is C19H25N3OS. The highest BCUT2D eigenvalue weighted by molar-refractivity contribution is 7.09. The van der Waals surface area contributed by atoms with Gasteiger partial charge in [0.15, 0.2) is 0 Å². The van der Waals surface area contributed by atoms with Crippen molar-refractivity contribution in [2.24, 2.45) is 0 Å². The summed E-state index contributed by atoms with van der Waals surface area (Å²) in [6.45, 7) is 2.04. The average Bonchev–Trinajstić information content (AvgIpc) is 3.14. The zero-order chi connectivity index (χ0) is 16.6. The second kappa shape index (κ2) is 8.94. The summed E-state index contributed by atoms with van der Waals surface area (Å²) in [5, 5.41) is 5.13. The van der Waals surface area contributed by atoms with E-state index in [1.54, 1.807) is 6.20 Å². The van der Waals surface area contributed by atoms with Crippen LogP contribution in [0, 0.1) is 0 Å². The van der Waals surface area contributed by atoms with E-state index in [2.05, 4.69) is 32.7 Å². The number of aryl methyl sites for hydroxylation is 1. The van der Waals surface area contributed by atoms with Gasteiger partial charge in [-0.15, -0.1) is 11.3 Å². The van der Waals surface area contributed by atoms with Crippen LogP contribution in [0.2, 0.25) is 0 Å². The topological polar surface area (TPSA) is 45.2 Å². The Morgan fingerprint density at radius 3 is 3.04 bits per heavy atom. The SMILES string of the molecule is O=C(CN1CCCC[C@H]1CCc1cccs1)NCc1ccccn1. The van der Waals surface area contributed by atoms with Gasteiger partial charge in [0.05, 0.1) is 18.8 Å². The third-order valence-corrected chi connectivity index (χ3v) is 5.53. The van der Waals surface area contributed by atoms with Crippen LogP contribution in [0.25, 0.3) is 0 Å². The molecule has 0 spiro atoms. The molecule has 1 atom stereocenters. The Bertz CT molecular complexity index is 615. The standard InChI is InChI=1S/C19H25N3OS/c23-19(21-14-16-6-1-3-11-20-16)15-22-12-4-2-7-17(22)9-10-18-8-5-13-24-18/h1,3,5-6,8,11,13,17H,2,4,7,9-10,12,14-15H2,(H,21,23)/t17-/m0/s1. The van der Waals surface area contributed by atoms with E-state index in [0.29, 0.717) is 19.1 Å². The molecule has 128 valence electrons. The summed E-state index contributed by atoms with van der Waals surface area (Å²) in [6, 6.07) is 10.6. The highest BCUT2D eigenvalue weighted by Crippen LogP contribution is 2.22. The third kappa shape index (κ3) is 5.14. The maximum absolute atomic E-state index is 12.3. The van der Waals surface area contributed by atoms with Crippen molar-refractivity contribution < 1.29 is 4.79 Å². The van der Waals surface area contributed by atoms with E-state index < -0.39 is 0 Å². The smallest absolute Gasteiger partial charge is 0.234 e. The Kier molecular flexibility index (Phi) is 6.38. The van der Waals surface area contributed by atoms with Crippen LogP contribution >= 0.6 is 11.3 Å². The van der Waals surface area contributed by atoms with Crippen LogP contribution in [-0.4, -0.2) is 34.9 Å². The molecule has 1 aliphatic heterocycles. The number of nitrogens with zero attached hydrogens (tertiary/aromatic N) is 2. The monoisotopic (exact) mass is 343 g/mol. The van der Waals surface area contributed by atoms with Crippen molar-refractivity contribution >= 4 is 17.2 Å². The van der Waals surface area contributed by atoms with Gasteiger partial charge in [-0.2, -0.15) is 0 Å². The summed E-state index contributed by atoms with van der Waals surface area (Å²) < 4.78 is 0. The minimum absolute atomic E-state index is 0.101. The van der Waals surface area contributed by atoms with Crippen LogP contribution in [0.15, 0.2) is 41.9 Å². The maximum atomic E-state index is 12.3. The summed E-state index contributed by atoms with van der Waals surface area (Å²) in [6.07, 6.45) is 7.71. The van der Waals surface area contributed by atoms with Crippen LogP contribution < -0.4 is 5.32 Å². The molecular weight excluding hydrogens is 318 g/mol. The molecule has 3 heterocycles. The lowest BCUT2D eigenvalue weighted by Crippen LogP contribution is -2.45. The van der Waals surface area contributed by atoms with Gasteiger partial charge in [0.1, 0.15) is 0 Å². The molecule has 5 heteroatoms. The third-order valence-electron chi connectivity index (χ3n) is 4.59. The minimum Gasteiger partial charge on any atom is -0.349 e. The van der Waals surface area contributed by atoms with Crippen LogP contribution in [-0.2, 0) is 17.8 Å².